The molecule has 0 radical (unpaired) electrons. The summed E-state index contributed by atoms with van der Waals surface area (Å²) in [7, 11) is 0. The summed E-state index contributed by atoms with van der Waals surface area (Å²) in [6, 6.07) is -0.130. The van der Waals surface area contributed by atoms with Crippen LogP contribution in [0.5, 0.6) is 0 Å². The van der Waals surface area contributed by atoms with Gasteiger partial charge in [-0.3, -0.25) is 10.1 Å². The van der Waals surface area contributed by atoms with Gasteiger partial charge in [-0.1, -0.05) is 0 Å². The van der Waals surface area contributed by atoms with E-state index in [1.165, 1.54) is 17.9 Å². The first-order chi connectivity index (χ1) is 8.83. The summed E-state index contributed by atoms with van der Waals surface area (Å²) in [5, 5.41) is 6.31. The van der Waals surface area contributed by atoms with Crippen LogP contribution in [0.25, 0.3) is 0 Å². The Balaban J connectivity index is 1.51. The van der Waals surface area contributed by atoms with Crippen LogP contribution in [0.1, 0.15) is 17.8 Å². The van der Waals surface area contributed by atoms with E-state index in [9.17, 15) is 4.79 Å². The highest BCUT2D eigenvalue weighted by atomic mass is 32.2. The van der Waals surface area contributed by atoms with Crippen molar-refractivity contribution in [3.05, 3.63) is 17.7 Å². The van der Waals surface area contributed by atoms with Crippen LogP contribution >= 0.6 is 11.8 Å². The zero-order chi connectivity index (χ0) is 12.4. The van der Waals surface area contributed by atoms with Gasteiger partial charge < -0.3 is 10.3 Å². The van der Waals surface area contributed by atoms with E-state index in [1.54, 1.807) is 6.33 Å². The zero-order valence-electron chi connectivity index (χ0n) is 10.2. The molecule has 0 bridgehead atoms. The summed E-state index contributed by atoms with van der Waals surface area (Å²) in [5.74, 6) is 3.19. The SMILES string of the molecule is O=C(NCC1CCSC1)C1Cc2nc[nH]c2CN1. The minimum atomic E-state index is -0.130. The fourth-order valence-corrected chi connectivity index (χ4v) is 3.75. The molecule has 0 aliphatic carbocycles. The molecule has 1 aromatic heterocycles. The number of rotatable bonds is 3. The molecule has 2 aliphatic heterocycles. The van der Waals surface area contributed by atoms with Crippen molar-refractivity contribution in [2.75, 3.05) is 18.1 Å². The molecule has 3 heterocycles. The average molecular weight is 266 g/mol. The number of hydrogen-bond acceptors (Lipinski definition) is 4. The first-order valence-corrected chi connectivity index (χ1v) is 7.58. The molecule has 1 amide bonds. The van der Waals surface area contributed by atoms with Gasteiger partial charge in [0.05, 0.1) is 23.8 Å². The van der Waals surface area contributed by atoms with Crippen molar-refractivity contribution in [2.24, 2.45) is 5.92 Å². The number of nitrogens with zero attached hydrogens (tertiary/aromatic N) is 1. The normalized spacial score (nSPS) is 26.9. The van der Waals surface area contributed by atoms with Crippen LogP contribution in [0, 0.1) is 5.92 Å². The van der Waals surface area contributed by atoms with Gasteiger partial charge in [-0.15, -0.1) is 0 Å². The maximum atomic E-state index is 12.1. The van der Waals surface area contributed by atoms with Gasteiger partial charge in [-0.2, -0.15) is 11.8 Å². The molecule has 2 aliphatic rings. The summed E-state index contributed by atoms with van der Waals surface area (Å²) < 4.78 is 0. The average Bonchev–Trinajstić information content (AvgIpc) is 3.05. The number of amides is 1. The Morgan fingerprint density at radius 1 is 1.61 bits per heavy atom. The van der Waals surface area contributed by atoms with Gasteiger partial charge >= 0.3 is 0 Å². The molecule has 3 N–H and O–H groups in total. The van der Waals surface area contributed by atoms with Gasteiger partial charge in [-0.05, 0) is 23.8 Å². The maximum absolute atomic E-state index is 12.1. The quantitative estimate of drug-likeness (QED) is 0.735. The van der Waals surface area contributed by atoms with Crippen LogP contribution in [0.2, 0.25) is 0 Å². The number of carbonyl (C=O) groups is 1. The van der Waals surface area contributed by atoms with Crippen LogP contribution in [-0.2, 0) is 17.8 Å². The fraction of sp³-hybridized carbons (Fsp3) is 0.667. The molecule has 5 nitrogen and oxygen atoms in total. The second-order valence-electron chi connectivity index (χ2n) is 4.94. The molecule has 2 atom stereocenters. The zero-order valence-corrected chi connectivity index (χ0v) is 11.1. The Labute approximate surface area is 111 Å². The Morgan fingerprint density at radius 3 is 3.39 bits per heavy atom. The lowest BCUT2D eigenvalue weighted by Crippen LogP contribution is -2.48. The molecule has 18 heavy (non-hydrogen) atoms. The predicted molar refractivity (Wildman–Crippen MR) is 71.4 cm³/mol. The molecule has 0 saturated carbocycles. The molecule has 98 valence electrons. The highest BCUT2D eigenvalue weighted by Crippen LogP contribution is 2.22. The summed E-state index contributed by atoms with van der Waals surface area (Å²) in [6.07, 6.45) is 3.61. The van der Waals surface area contributed by atoms with Gasteiger partial charge in [0.15, 0.2) is 0 Å². The predicted octanol–water partition coefficient (Wildman–Crippen LogP) is 0.293. The van der Waals surface area contributed by atoms with E-state index in [0.717, 1.165) is 17.9 Å². The van der Waals surface area contributed by atoms with E-state index in [0.29, 0.717) is 18.9 Å². The number of H-pyrrole nitrogens is 1. The minimum Gasteiger partial charge on any atom is -0.354 e. The van der Waals surface area contributed by atoms with Crippen LogP contribution in [0.3, 0.4) is 0 Å². The minimum absolute atomic E-state index is 0.112. The number of aromatic amines is 1. The summed E-state index contributed by atoms with van der Waals surface area (Å²) in [4.78, 5) is 19.4. The third-order valence-electron chi connectivity index (χ3n) is 3.64. The summed E-state index contributed by atoms with van der Waals surface area (Å²) >= 11 is 1.98. The smallest absolute Gasteiger partial charge is 0.237 e. The van der Waals surface area contributed by atoms with E-state index >= 15 is 0 Å². The lowest BCUT2D eigenvalue weighted by molar-refractivity contribution is -0.123. The van der Waals surface area contributed by atoms with Crippen LogP contribution in [0.15, 0.2) is 6.33 Å². The molecule has 0 spiro atoms. The number of fused-ring (bicyclic) bond motifs is 1. The van der Waals surface area contributed by atoms with Gasteiger partial charge in [0.2, 0.25) is 5.91 Å². The first-order valence-electron chi connectivity index (χ1n) is 6.43. The van der Waals surface area contributed by atoms with Crippen molar-refractivity contribution >= 4 is 17.7 Å². The van der Waals surface area contributed by atoms with Crippen LogP contribution < -0.4 is 10.6 Å². The Morgan fingerprint density at radius 2 is 2.56 bits per heavy atom. The number of aromatic nitrogens is 2. The van der Waals surface area contributed by atoms with Crippen molar-refractivity contribution in [1.82, 2.24) is 20.6 Å². The van der Waals surface area contributed by atoms with E-state index in [1.807, 2.05) is 11.8 Å². The van der Waals surface area contributed by atoms with E-state index in [4.69, 9.17) is 0 Å². The van der Waals surface area contributed by atoms with Crippen molar-refractivity contribution < 1.29 is 4.79 Å². The lowest BCUT2D eigenvalue weighted by atomic mass is 10.0. The van der Waals surface area contributed by atoms with Gasteiger partial charge in [0, 0.05) is 19.5 Å². The van der Waals surface area contributed by atoms with Crippen molar-refractivity contribution in [2.45, 2.75) is 25.4 Å². The molecule has 3 rings (SSSR count). The van der Waals surface area contributed by atoms with Gasteiger partial charge in [-0.25, -0.2) is 4.98 Å². The summed E-state index contributed by atoms with van der Waals surface area (Å²) in [5.41, 5.74) is 2.12. The van der Waals surface area contributed by atoms with E-state index in [2.05, 4.69) is 20.6 Å². The molecule has 1 fully saturated rings. The highest BCUT2D eigenvalue weighted by Gasteiger charge is 2.26. The summed E-state index contributed by atoms with van der Waals surface area (Å²) in [6.45, 7) is 1.52. The number of imidazole rings is 1. The largest absolute Gasteiger partial charge is 0.354 e. The first kappa shape index (κ1) is 12.0. The standard InChI is InChI=1S/C12H18N4OS/c17-12(14-4-8-1-2-18-6-8)10-3-9-11(5-13-10)16-7-15-9/h7-8,10,13H,1-6H2,(H,14,17)(H,15,16). The molecular formula is C12H18N4OS. The Bertz CT molecular complexity index is 427. The maximum Gasteiger partial charge on any atom is 0.237 e. The Hall–Kier alpha value is -1.01. The van der Waals surface area contributed by atoms with Crippen molar-refractivity contribution in [1.29, 1.82) is 0 Å². The van der Waals surface area contributed by atoms with Crippen LogP contribution in [-0.4, -0.2) is 40.0 Å². The number of carbonyl (C=O) groups excluding carboxylic acids is 1. The molecule has 6 heteroatoms. The molecular weight excluding hydrogens is 248 g/mol. The fourth-order valence-electron chi connectivity index (χ4n) is 2.47. The van der Waals surface area contributed by atoms with Gasteiger partial charge in [0.25, 0.3) is 0 Å². The van der Waals surface area contributed by atoms with Crippen LogP contribution in [0.4, 0.5) is 0 Å². The Kier molecular flexibility index (Phi) is 3.56. The highest BCUT2D eigenvalue weighted by molar-refractivity contribution is 7.99. The lowest BCUT2D eigenvalue weighted by Gasteiger charge is -2.23. The molecule has 1 saturated heterocycles. The number of nitrogens with one attached hydrogen (secondary N) is 3. The second-order valence-corrected chi connectivity index (χ2v) is 6.09. The third kappa shape index (κ3) is 2.54. The topological polar surface area (TPSA) is 69.8 Å². The second kappa shape index (κ2) is 5.32. The molecule has 2 unspecified atom stereocenters. The monoisotopic (exact) mass is 266 g/mol. The van der Waals surface area contributed by atoms with Crippen molar-refractivity contribution in [3.63, 3.8) is 0 Å². The van der Waals surface area contributed by atoms with Gasteiger partial charge in [0.1, 0.15) is 0 Å². The number of hydrogen-bond donors (Lipinski definition) is 3. The van der Waals surface area contributed by atoms with Crippen molar-refractivity contribution in [3.8, 4) is 0 Å². The molecule has 0 aromatic carbocycles. The molecule has 1 aromatic rings. The third-order valence-corrected chi connectivity index (χ3v) is 4.87. The van der Waals surface area contributed by atoms with E-state index in [-0.39, 0.29) is 11.9 Å². The number of thioether (sulfide) groups is 1. The van der Waals surface area contributed by atoms with E-state index < -0.39 is 0 Å².